The molecule has 4 rings (SSSR count). The molecule has 0 unspecified atom stereocenters. The molecule has 1 saturated carbocycles. The smallest absolute Gasteiger partial charge is 0.388 e. The Bertz CT molecular complexity index is 1120. The van der Waals surface area contributed by atoms with Crippen LogP contribution in [0.25, 0.3) is 0 Å². The van der Waals surface area contributed by atoms with Gasteiger partial charge >= 0.3 is 6.61 Å². The third-order valence-electron chi connectivity index (χ3n) is 6.49. The van der Waals surface area contributed by atoms with Crippen LogP contribution in [0.2, 0.25) is 5.02 Å². The van der Waals surface area contributed by atoms with Crippen molar-refractivity contribution in [2.75, 3.05) is 0 Å². The fourth-order valence-corrected chi connectivity index (χ4v) is 5.11. The molecule has 1 aliphatic carbocycles. The first-order valence-corrected chi connectivity index (χ1v) is 11.6. The van der Waals surface area contributed by atoms with E-state index in [1.54, 1.807) is 25.1 Å². The quantitative estimate of drug-likeness (QED) is 0.535. The van der Waals surface area contributed by atoms with Crippen LogP contribution in [0.3, 0.4) is 0 Å². The molecule has 0 radical (unpaired) electrons. The molecule has 1 amide bonds. The minimum absolute atomic E-state index is 0.000690. The second-order valence-corrected chi connectivity index (χ2v) is 9.49. The van der Waals surface area contributed by atoms with E-state index in [2.05, 4.69) is 14.7 Å². The Labute approximate surface area is 205 Å². The zero-order valence-corrected chi connectivity index (χ0v) is 19.7. The molecule has 1 aliphatic heterocycles. The number of halogens is 5. The highest BCUT2D eigenvalue weighted by Crippen LogP contribution is 2.41. The van der Waals surface area contributed by atoms with E-state index in [9.17, 15) is 22.4 Å². The summed E-state index contributed by atoms with van der Waals surface area (Å²) in [5, 5.41) is 0.401. The van der Waals surface area contributed by atoms with E-state index in [0.29, 0.717) is 17.0 Å². The Kier molecular flexibility index (Phi) is 6.95. The SMILES string of the molecule is C[C@@]1(c2cccc(Cc3ccc(OC(F)F)nc3)c2Cl)CC(=O)N(C2CCC(F)(F)CC2)C(N)=N1. The first-order chi connectivity index (χ1) is 16.5. The third kappa shape index (κ3) is 5.52. The topological polar surface area (TPSA) is 80.8 Å². The van der Waals surface area contributed by atoms with E-state index < -0.39 is 24.1 Å². The van der Waals surface area contributed by atoms with Crippen molar-refractivity contribution in [3.05, 3.63) is 58.2 Å². The van der Waals surface area contributed by atoms with Gasteiger partial charge in [0.25, 0.3) is 0 Å². The highest BCUT2D eigenvalue weighted by atomic mass is 35.5. The number of rotatable bonds is 6. The lowest BCUT2D eigenvalue weighted by atomic mass is 9.84. The average molecular weight is 513 g/mol. The van der Waals surface area contributed by atoms with Crippen LogP contribution in [0.15, 0.2) is 41.5 Å². The van der Waals surface area contributed by atoms with Gasteiger partial charge in [0.1, 0.15) is 0 Å². The normalized spacial score (nSPS) is 22.9. The zero-order chi connectivity index (χ0) is 25.4. The van der Waals surface area contributed by atoms with Gasteiger partial charge in [-0.1, -0.05) is 35.9 Å². The molecule has 1 aromatic heterocycles. The molecule has 0 bridgehead atoms. The molecule has 0 saturated heterocycles. The van der Waals surface area contributed by atoms with Crippen LogP contribution in [0.4, 0.5) is 17.6 Å². The lowest BCUT2D eigenvalue weighted by Gasteiger charge is -2.41. The number of amides is 1. The second kappa shape index (κ2) is 9.64. The summed E-state index contributed by atoms with van der Waals surface area (Å²) in [4.78, 5) is 22.9. The molecule has 2 aliphatic rings. The number of alkyl halides is 4. The lowest BCUT2D eigenvalue weighted by Crippen LogP contribution is -2.55. The van der Waals surface area contributed by atoms with Crippen LogP contribution in [0.1, 0.15) is 55.7 Å². The van der Waals surface area contributed by atoms with E-state index in [4.69, 9.17) is 17.3 Å². The summed E-state index contributed by atoms with van der Waals surface area (Å²) in [5.74, 6) is -3.18. The molecule has 2 N–H and O–H groups in total. The van der Waals surface area contributed by atoms with E-state index in [1.165, 1.54) is 17.2 Å². The second-order valence-electron chi connectivity index (χ2n) is 9.11. The molecule has 188 valence electrons. The predicted molar refractivity (Wildman–Crippen MR) is 123 cm³/mol. The van der Waals surface area contributed by atoms with Gasteiger partial charge in [0.2, 0.25) is 17.7 Å². The Morgan fingerprint density at radius 1 is 1.23 bits per heavy atom. The number of hydrogen-bond acceptors (Lipinski definition) is 5. The molecule has 1 aromatic carbocycles. The molecule has 0 spiro atoms. The number of aromatic nitrogens is 1. The maximum atomic E-state index is 13.6. The number of carbonyl (C=O) groups excluding carboxylic acids is 1. The standard InChI is InChI=1S/C24H25ClF4N4O2/c1-23(12-19(34)33(22(30)32-23)16-7-9-24(28,29)10-8-16)17-4-2-3-15(20(17)25)11-14-5-6-18(31-13-14)35-21(26)27/h2-6,13,16,21H,7-12H2,1H3,(H2,30,32)/t23-/m0/s1. The van der Waals surface area contributed by atoms with Crippen molar-refractivity contribution in [1.29, 1.82) is 0 Å². The molecular weight excluding hydrogens is 488 g/mol. The average Bonchev–Trinajstić information content (AvgIpc) is 2.76. The summed E-state index contributed by atoms with van der Waals surface area (Å²) >= 11 is 6.73. The molecule has 1 fully saturated rings. The predicted octanol–water partition coefficient (Wildman–Crippen LogP) is 5.27. The number of guanidine groups is 1. The lowest BCUT2D eigenvalue weighted by molar-refractivity contribution is -0.133. The molecular formula is C24H25ClF4N4O2. The molecule has 1 atom stereocenters. The Hall–Kier alpha value is -2.88. The van der Waals surface area contributed by atoms with Crippen LogP contribution < -0.4 is 10.5 Å². The number of nitrogens with zero attached hydrogens (tertiary/aromatic N) is 3. The minimum atomic E-state index is -2.96. The molecule has 35 heavy (non-hydrogen) atoms. The van der Waals surface area contributed by atoms with Crippen molar-refractivity contribution < 1.29 is 27.1 Å². The first kappa shape index (κ1) is 25.2. The Balaban J connectivity index is 1.55. The number of carbonyl (C=O) groups is 1. The molecule has 2 heterocycles. The Morgan fingerprint density at radius 3 is 2.54 bits per heavy atom. The van der Waals surface area contributed by atoms with Gasteiger partial charge in [0, 0.05) is 42.6 Å². The fraction of sp³-hybridized carbons (Fsp3) is 0.458. The summed E-state index contributed by atoms with van der Waals surface area (Å²) < 4.78 is 56.1. The van der Waals surface area contributed by atoms with Gasteiger partial charge in [-0.2, -0.15) is 8.78 Å². The molecule has 2 aromatic rings. The van der Waals surface area contributed by atoms with Crippen LogP contribution in [-0.4, -0.2) is 40.3 Å². The maximum Gasteiger partial charge on any atom is 0.388 e. The van der Waals surface area contributed by atoms with Gasteiger partial charge in [0.15, 0.2) is 5.96 Å². The number of nitrogens with two attached hydrogens (primary N) is 1. The molecule has 6 nitrogen and oxygen atoms in total. The highest BCUT2D eigenvalue weighted by molar-refractivity contribution is 6.32. The van der Waals surface area contributed by atoms with Crippen molar-refractivity contribution in [2.24, 2.45) is 10.7 Å². The van der Waals surface area contributed by atoms with Crippen LogP contribution in [-0.2, 0) is 16.8 Å². The summed E-state index contributed by atoms with van der Waals surface area (Å²) in [7, 11) is 0. The van der Waals surface area contributed by atoms with Crippen molar-refractivity contribution in [3.63, 3.8) is 0 Å². The minimum Gasteiger partial charge on any atom is -0.417 e. The van der Waals surface area contributed by atoms with Gasteiger partial charge in [-0.3, -0.25) is 9.69 Å². The number of hydrogen-bond donors (Lipinski definition) is 1. The van der Waals surface area contributed by atoms with Crippen LogP contribution in [0.5, 0.6) is 5.88 Å². The van der Waals surface area contributed by atoms with Gasteiger partial charge in [-0.15, -0.1) is 0 Å². The maximum absolute atomic E-state index is 13.6. The number of ether oxygens (including phenoxy) is 1. The molecule has 11 heteroatoms. The first-order valence-electron chi connectivity index (χ1n) is 11.2. The number of aliphatic imine (C=N–C) groups is 1. The van der Waals surface area contributed by atoms with Crippen molar-refractivity contribution in [3.8, 4) is 5.88 Å². The highest BCUT2D eigenvalue weighted by Gasteiger charge is 2.44. The van der Waals surface area contributed by atoms with E-state index >= 15 is 0 Å². The monoisotopic (exact) mass is 512 g/mol. The summed E-state index contributed by atoms with van der Waals surface area (Å²) in [6.45, 7) is -1.20. The van der Waals surface area contributed by atoms with E-state index in [-0.39, 0.29) is 49.9 Å². The fourth-order valence-electron chi connectivity index (χ4n) is 4.71. The summed E-state index contributed by atoms with van der Waals surface area (Å²) in [5.41, 5.74) is 7.22. The zero-order valence-electron chi connectivity index (χ0n) is 19.0. The van der Waals surface area contributed by atoms with Crippen molar-refractivity contribution in [1.82, 2.24) is 9.88 Å². The Morgan fingerprint density at radius 2 is 1.94 bits per heavy atom. The number of benzene rings is 1. The van der Waals surface area contributed by atoms with E-state index in [0.717, 1.165) is 11.1 Å². The van der Waals surface area contributed by atoms with Crippen molar-refractivity contribution in [2.45, 2.75) is 69.6 Å². The van der Waals surface area contributed by atoms with Gasteiger partial charge in [-0.25, -0.2) is 18.8 Å². The summed E-state index contributed by atoms with van der Waals surface area (Å²) in [6.07, 6.45) is 1.53. The van der Waals surface area contributed by atoms with Gasteiger partial charge < -0.3 is 10.5 Å². The van der Waals surface area contributed by atoms with Gasteiger partial charge in [-0.05, 0) is 36.5 Å². The van der Waals surface area contributed by atoms with Crippen LogP contribution in [0, 0.1) is 0 Å². The van der Waals surface area contributed by atoms with E-state index in [1.807, 2.05) is 6.07 Å². The van der Waals surface area contributed by atoms with Gasteiger partial charge in [0.05, 0.1) is 12.0 Å². The third-order valence-corrected chi connectivity index (χ3v) is 6.93. The van der Waals surface area contributed by atoms with Crippen LogP contribution >= 0.6 is 11.6 Å². The van der Waals surface area contributed by atoms with Crippen molar-refractivity contribution >= 4 is 23.5 Å². The largest absolute Gasteiger partial charge is 0.417 e. The number of pyridine rings is 1. The summed E-state index contributed by atoms with van der Waals surface area (Å²) in [6, 6.07) is 7.93.